The molecule has 0 aliphatic carbocycles. The van der Waals surface area contributed by atoms with E-state index in [-0.39, 0.29) is 47.7 Å². The summed E-state index contributed by atoms with van der Waals surface area (Å²) >= 11 is 0. The molecule has 0 bridgehead atoms. The Morgan fingerprint density at radius 2 is 1.12 bits per heavy atom. The minimum absolute atomic E-state index is 0. The molecule has 0 saturated heterocycles. The van der Waals surface area contributed by atoms with Crippen LogP contribution in [0.2, 0.25) is 0 Å². The Labute approximate surface area is 120 Å². The van der Waals surface area contributed by atoms with E-state index >= 15 is 0 Å². The maximum atomic E-state index is 9.86. The summed E-state index contributed by atoms with van der Waals surface area (Å²) in [5, 5.41) is 19.7. The average molecular weight is 255 g/mol. The van der Waals surface area contributed by atoms with Crippen molar-refractivity contribution in [3.63, 3.8) is 0 Å². The Hall–Kier alpha value is -0.294. The van der Waals surface area contributed by atoms with Gasteiger partial charge in [0.15, 0.2) is 0 Å². The smallest absolute Gasteiger partial charge is 0.550 e. The first-order valence-electron chi connectivity index (χ1n) is 5.73. The molecule has 0 radical (unpaired) electrons. The van der Waals surface area contributed by atoms with Gasteiger partial charge in [0.2, 0.25) is 0 Å². The fourth-order valence-electron chi connectivity index (χ4n) is 0.858. The second-order valence-electron chi connectivity index (χ2n) is 4.18. The van der Waals surface area contributed by atoms with Crippen LogP contribution >= 0.6 is 0 Å². The molecule has 0 heterocycles. The van der Waals surface area contributed by atoms with Crippen molar-refractivity contribution in [3.8, 4) is 0 Å². The van der Waals surface area contributed by atoms with E-state index in [1.165, 1.54) is 0 Å². The zero-order chi connectivity index (χ0) is 13.1. The first kappa shape index (κ1) is 21.9. The summed E-state index contributed by atoms with van der Waals surface area (Å²) in [5.41, 5.74) is 0. The number of rotatable bonds is 6. The quantitative estimate of drug-likeness (QED) is 0.623. The topological polar surface area (TPSA) is 80.3 Å². The van der Waals surface area contributed by atoms with E-state index in [2.05, 4.69) is 0 Å². The van der Waals surface area contributed by atoms with Gasteiger partial charge in [0.05, 0.1) is 0 Å². The van der Waals surface area contributed by atoms with Crippen LogP contribution in [0.3, 0.4) is 0 Å². The SMILES string of the molecule is CCC(C)CC(=O)[O-].CCC(C)CC(=O)[O-].[Mg+2]. The van der Waals surface area contributed by atoms with Crippen LogP contribution in [0.1, 0.15) is 53.4 Å². The molecule has 0 fully saturated rings. The van der Waals surface area contributed by atoms with E-state index in [1.807, 2.05) is 27.7 Å². The molecular weight excluding hydrogens is 232 g/mol. The van der Waals surface area contributed by atoms with Gasteiger partial charge < -0.3 is 19.8 Å². The first-order valence-corrected chi connectivity index (χ1v) is 5.73. The number of carbonyl (C=O) groups is 2. The third-order valence-corrected chi connectivity index (χ3v) is 2.42. The van der Waals surface area contributed by atoms with Crippen LogP contribution in [0.5, 0.6) is 0 Å². The standard InChI is InChI=1S/2C6H12O2.Mg/c2*1-3-5(2)4-6(7)8;/h2*5H,3-4H2,1-2H3,(H,7,8);/q;;+2/p-2. The average Bonchev–Trinajstić information content (AvgIpc) is 2.16. The maximum Gasteiger partial charge on any atom is 2.00 e. The van der Waals surface area contributed by atoms with Crippen LogP contribution < -0.4 is 10.2 Å². The molecule has 0 aromatic heterocycles. The van der Waals surface area contributed by atoms with Gasteiger partial charge in [-0.1, -0.05) is 40.5 Å². The van der Waals surface area contributed by atoms with Crippen molar-refractivity contribution in [1.82, 2.24) is 0 Å². The molecule has 4 nitrogen and oxygen atoms in total. The van der Waals surface area contributed by atoms with Crippen molar-refractivity contribution >= 4 is 35.0 Å². The van der Waals surface area contributed by atoms with E-state index < -0.39 is 11.9 Å². The molecule has 0 aromatic carbocycles. The minimum atomic E-state index is -0.945. The molecule has 2 unspecified atom stereocenters. The van der Waals surface area contributed by atoms with E-state index in [4.69, 9.17) is 0 Å². The van der Waals surface area contributed by atoms with Gasteiger partial charge in [-0.15, -0.1) is 0 Å². The van der Waals surface area contributed by atoms with Crippen LogP contribution in [-0.4, -0.2) is 35.0 Å². The number of carboxylic acids is 2. The van der Waals surface area contributed by atoms with Crippen LogP contribution in [0.15, 0.2) is 0 Å². The molecule has 0 saturated carbocycles. The molecule has 0 amide bonds. The van der Waals surface area contributed by atoms with E-state index in [9.17, 15) is 19.8 Å². The zero-order valence-corrected chi connectivity index (χ0v) is 12.7. The molecule has 17 heavy (non-hydrogen) atoms. The van der Waals surface area contributed by atoms with Crippen LogP contribution in [-0.2, 0) is 9.59 Å². The Morgan fingerprint density at radius 1 is 0.882 bits per heavy atom. The van der Waals surface area contributed by atoms with E-state index in [0.717, 1.165) is 12.8 Å². The summed E-state index contributed by atoms with van der Waals surface area (Å²) in [6.07, 6.45) is 2.20. The number of carboxylic acid groups (broad SMARTS) is 2. The monoisotopic (exact) mass is 254 g/mol. The summed E-state index contributed by atoms with van der Waals surface area (Å²) < 4.78 is 0. The van der Waals surface area contributed by atoms with Gasteiger partial charge in [0.1, 0.15) is 0 Å². The van der Waals surface area contributed by atoms with Crippen LogP contribution in [0.4, 0.5) is 0 Å². The van der Waals surface area contributed by atoms with Gasteiger partial charge in [0.25, 0.3) is 0 Å². The number of carbonyl (C=O) groups excluding carboxylic acids is 2. The summed E-state index contributed by atoms with van der Waals surface area (Å²) in [5.74, 6) is -1.36. The maximum absolute atomic E-state index is 9.86. The molecule has 96 valence electrons. The van der Waals surface area contributed by atoms with Crippen molar-refractivity contribution in [2.45, 2.75) is 53.4 Å². The molecule has 0 aromatic rings. The van der Waals surface area contributed by atoms with E-state index in [1.54, 1.807) is 0 Å². The van der Waals surface area contributed by atoms with Crippen molar-refractivity contribution in [3.05, 3.63) is 0 Å². The van der Waals surface area contributed by atoms with Crippen molar-refractivity contribution in [2.24, 2.45) is 11.8 Å². The Morgan fingerprint density at radius 3 is 1.18 bits per heavy atom. The number of aliphatic carboxylic acids is 2. The predicted octanol–water partition coefficient (Wildman–Crippen LogP) is -0.0358. The summed E-state index contributed by atoms with van der Waals surface area (Å²) in [4.78, 5) is 19.7. The number of hydrogen-bond donors (Lipinski definition) is 0. The van der Waals surface area contributed by atoms with Gasteiger partial charge in [-0.2, -0.15) is 0 Å². The van der Waals surface area contributed by atoms with Crippen molar-refractivity contribution in [2.75, 3.05) is 0 Å². The molecule has 5 heteroatoms. The molecule has 0 spiro atoms. The second-order valence-corrected chi connectivity index (χ2v) is 4.18. The molecule has 0 aliphatic rings. The number of hydrogen-bond acceptors (Lipinski definition) is 4. The third-order valence-electron chi connectivity index (χ3n) is 2.42. The van der Waals surface area contributed by atoms with E-state index in [0.29, 0.717) is 0 Å². The van der Waals surface area contributed by atoms with Gasteiger partial charge in [-0.3, -0.25) is 0 Å². The largest absolute Gasteiger partial charge is 2.00 e. The minimum Gasteiger partial charge on any atom is -0.550 e. The molecule has 0 aliphatic heterocycles. The second kappa shape index (κ2) is 13.8. The fraction of sp³-hybridized carbons (Fsp3) is 0.833. The van der Waals surface area contributed by atoms with Crippen molar-refractivity contribution in [1.29, 1.82) is 0 Å². The molecule has 0 rings (SSSR count). The normalized spacial score (nSPS) is 12.5. The summed E-state index contributed by atoms with van der Waals surface area (Å²) in [6.45, 7) is 7.73. The third kappa shape index (κ3) is 21.5. The Balaban J connectivity index is -0.000000218. The fourth-order valence-corrected chi connectivity index (χ4v) is 0.858. The van der Waals surface area contributed by atoms with Gasteiger partial charge >= 0.3 is 23.1 Å². The Bertz CT molecular complexity index is 185. The summed E-state index contributed by atoms with van der Waals surface area (Å²) in [6, 6.07) is 0. The Kier molecular flexibility index (Phi) is 17.8. The molecule has 0 N–H and O–H groups in total. The van der Waals surface area contributed by atoms with Gasteiger partial charge in [0, 0.05) is 11.9 Å². The van der Waals surface area contributed by atoms with Crippen LogP contribution in [0.25, 0.3) is 0 Å². The van der Waals surface area contributed by atoms with Crippen LogP contribution in [0, 0.1) is 11.8 Å². The predicted molar refractivity (Wildman–Crippen MR) is 63.9 cm³/mol. The van der Waals surface area contributed by atoms with Gasteiger partial charge in [-0.05, 0) is 24.7 Å². The van der Waals surface area contributed by atoms with Crippen molar-refractivity contribution < 1.29 is 19.8 Å². The molecule has 2 atom stereocenters. The zero-order valence-electron chi connectivity index (χ0n) is 11.3. The first-order chi connectivity index (χ1) is 7.33. The summed E-state index contributed by atoms with van der Waals surface area (Å²) in [7, 11) is 0. The molecular formula is C12H22MgO4. The van der Waals surface area contributed by atoms with Gasteiger partial charge in [-0.25, -0.2) is 0 Å².